The zero-order valence-electron chi connectivity index (χ0n) is 12.7. The molecular formula is C13H22N4O3S. The van der Waals surface area contributed by atoms with Crippen molar-refractivity contribution in [3.8, 4) is 0 Å². The Kier molecular flexibility index (Phi) is 6.41. The summed E-state index contributed by atoms with van der Waals surface area (Å²) in [5, 5.41) is 6.22. The van der Waals surface area contributed by atoms with E-state index in [1.165, 1.54) is 0 Å². The Morgan fingerprint density at radius 2 is 2.05 bits per heavy atom. The average Bonchev–Trinajstić information content (AvgIpc) is 2.77. The van der Waals surface area contributed by atoms with Crippen LogP contribution < -0.4 is 16.4 Å². The molecule has 7 nitrogen and oxygen atoms in total. The molecule has 0 radical (unpaired) electrons. The minimum Gasteiger partial charge on any atom is -0.462 e. The van der Waals surface area contributed by atoms with Crippen molar-refractivity contribution in [3.63, 3.8) is 0 Å². The Morgan fingerprint density at radius 1 is 1.38 bits per heavy atom. The Balaban J connectivity index is 2.74. The molecule has 0 aliphatic carbocycles. The standard InChI is InChI=1S/C13H22N4O3S/c1-5-20-13(19)9-10(14)17-21-12(9)16-8(4)11(18)15-6-7(2)3/h7-8,16H,5-6H2,1-4H3,(H2,14,17)(H,15,18). The van der Waals surface area contributed by atoms with Crippen molar-refractivity contribution in [2.24, 2.45) is 5.92 Å². The molecule has 1 aromatic rings. The lowest BCUT2D eigenvalue weighted by Gasteiger charge is -2.15. The van der Waals surface area contributed by atoms with Gasteiger partial charge in [-0.15, -0.1) is 0 Å². The molecule has 0 aliphatic heterocycles. The van der Waals surface area contributed by atoms with Crippen molar-refractivity contribution >= 4 is 34.2 Å². The molecule has 1 atom stereocenters. The molecule has 8 heteroatoms. The van der Waals surface area contributed by atoms with Crippen molar-refractivity contribution in [1.82, 2.24) is 9.69 Å². The molecule has 0 fully saturated rings. The Bertz CT molecular complexity index is 502. The minimum atomic E-state index is -0.541. The number of anilines is 2. The molecule has 4 N–H and O–H groups in total. The first-order valence-corrected chi connectivity index (χ1v) is 7.60. The van der Waals surface area contributed by atoms with E-state index in [1.54, 1.807) is 13.8 Å². The summed E-state index contributed by atoms with van der Waals surface area (Å²) in [5.74, 6) is -0.211. The van der Waals surface area contributed by atoms with Crippen molar-refractivity contribution in [2.45, 2.75) is 33.7 Å². The van der Waals surface area contributed by atoms with Crippen LogP contribution in [0.4, 0.5) is 10.8 Å². The largest absolute Gasteiger partial charge is 0.462 e. The molecule has 0 saturated carbocycles. The van der Waals surface area contributed by atoms with Crippen LogP contribution in [0.5, 0.6) is 0 Å². The van der Waals surface area contributed by atoms with Crippen LogP contribution in [0.25, 0.3) is 0 Å². The molecule has 0 saturated heterocycles. The van der Waals surface area contributed by atoms with Gasteiger partial charge in [0.1, 0.15) is 16.6 Å². The highest BCUT2D eigenvalue weighted by Gasteiger charge is 2.23. The second-order valence-electron chi connectivity index (χ2n) is 5.00. The highest BCUT2D eigenvalue weighted by atomic mass is 32.1. The fraction of sp³-hybridized carbons (Fsp3) is 0.615. The smallest absolute Gasteiger partial charge is 0.344 e. The number of carbonyl (C=O) groups excluding carboxylic acids is 2. The summed E-state index contributed by atoms with van der Waals surface area (Å²) in [5.41, 5.74) is 5.87. The number of nitrogens with one attached hydrogen (secondary N) is 2. The normalized spacial score (nSPS) is 12.0. The molecule has 0 aromatic carbocycles. The third kappa shape index (κ3) is 4.89. The fourth-order valence-corrected chi connectivity index (χ4v) is 2.31. The lowest BCUT2D eigenvalue weighted by molar-refractivity contribution is -0.121. The van der Waals surface area contributed by atoms with Gasteiger partial charge in [0.05, 0.1) is 6.61 Å². The van der Waals surface area contributed by atoms with Crippen LogP contribution in [0.3, 0.4) is 0 Å². The number of nitrogen functional groups attached to an aromatic ring is 1. The third-order valence-corrected chi connectivity index (χ3v) is 3.42. The van der Waals surface area contributed by atoms with E-state index in [2.05, 4.69) is 15.0 Å². The number of aromatic nitrogens is 1. The quantitative estimate of drug-likeness (QED) is 0.658. The number of hydrogen-bond donors (Lipinski definition) is 3. The summed E-state index contributed by atoms with van der Waals surface area (Å²) in [7, 11) is 0. The van der Waals surface area contributed by atoms with Crippen LogP contribution in [0.1, 0.15) is 38.1 Å². The van der Waals surface area contributed by atoms with Crippen molar-refractivity contribution in [3.05, 3.63) is 5.56 Å². The summed E-state index contributed by atoms with van der Waals surface area (Å²) >= 11 is 1.03. The molecule has 1 heterocycles. The van der Waals surface area contributed by atoms with Crippen LogP contribution >= 0.6 is 11.5 Å². The van der Waals surface area contributed by atoms with E-state index in [-0.39, 0.29) is 23.9 Å². The van der Waals surface area contributed by atoms with E-state index < -0.39 is 12.0 Å². The lowest BCUT2D eigenvalue weighted by atomic mass is 10.2. The predicted octanol–water partition coefficient (Wildman–Crippen LogP) is 1.47. The number of rotatable bonds is 7. The van der Waals surface area contributed by atoms with E-state index in [0.29, 0.717) is 17.5 Å². The van der Waals surface area contributed by atoms with E-state index in [4.69, 9.17) is 10.5 Å². The molecule has 1 rings (SSSR count). The second kappa shape index (κ2) is 7.82. The number of hydrogen-bond acceptors (Lipinski definition) is 7. The maximum absolute atomic E-state index is 11.9. The minimum absolute atomic E-state index is 0.107. The van der Waals surface area contributed by atoms with Gasteiger partial charge in [-0.3, -0.25) is 4.79 Å². The fourth-order valence-electron chi connectivity index (χ4n) is 1.52. The van der Waals surface area contributed by atoms with Gasteiger partial charge in [0.2, 0.25) is 5.91 Å². The van der Waals surface area contributed by atoms with Crippen molar-refractivity contribution in [1.29, 1.82) is 0 Å². The van der Waals surface area contributed by atoms with E-state index >= 15 is 0 Å². The number of nitrogens with two attached hydrogens (primary N) is 1. The second-order valence-corrected chi connectivity index (χ2v) is 5.77. The summed E-state index contributed by atoms with van der Waals surface area (Å²) in [6.07, 6.45) is 0. The van der Waals surface area contributed by atoms with Gasteiger partial charge in [-0.2, -0.15) is 4.37 Å². The Hall–Kier alpha value is -1.83. The number of amides is 1. The van der Waals surface area contributed by atoms with Crippen LogP contribution in [-0.2, 0) is 9.53 Å². The summed E-state index contributed by atoms with van der Waals surface area (Å²) < 4.78 is 8.87. The van der Waals surface area contributed by atoms with Crippen molar-refractivity contribution < 1.29 is 14.3 Å². The van der Waals surface area contributed by atoms with E-state index in [9.17, 15) is 9.59 Å². The molecule has 0 aliphatic rings. The highest BCUT2D eigenvalue weighted by molar-refractivity contribution is 7.11. The molecule has 1 aromatic heterocycles. The number of esters is 1. The number of carbonyl (C=O) groups is 2. The molecule has 1 unspecified atom stereocenters. The third-order valence-electron chi connectivity index (χ3n) is 2.62. The maximum atomic E-state index is 11.9. The highest BCUT2D eigenvalue weighted by Crippen LogP contribution is 2.28. The average molecular weight is 314 g/mol. The summed E-state index contributed by atoms with van der Waals surface area (Å²) in [4.78, 5) is 23.8. The molecule has 21 heavy (non-hydrogen) atoms. The first-order valence-electron chi connectivity index (χ1n) is 6.83. The zero-order chi connectivity index (χ0) is 16.0. The van der Waals surface area contributed by atoms with E-state index in [1.807, 2.05) is 13.8 Å². The Labute approximate surface area is 128 Å². The van der Waals surface area contributed by atoms with Gasteiger partial charge in [-0.1, -0.05) is 13.8 Å². The SMILES string of the molecule is CCOC(=O)c1c(N)nsc1NC(C)C(=O)NCC(C)C. The Morgan fingerprint density at radius 3 is 2.62 bits per heavy atom. The van der Waals surface area contributed by atoms with Crippen LogP contribution in [0.2, 0.25) is 0 Å². The number of nitrogens with zero attached hydrogens (tertiary/aromatic N) is 1. The zero-order valence-corrected chi connectivity index (χ0v) is 13.5. The molecule has 0 bridgehead atoms. The van der Waals surface area contributed by atoms with Crippen LogP contribution in [-0.4, -0.2) is 35.4 Å². The monoisotopic (exact) mass is 314 g/mol. The van der Waals surface area contributed by atoms with Gasteiger partial charge in [-0.25, -0.2) is 4.79 Å². The van der Waals surface area contributed by atoms with E-state index in [0.717, 1.165) is 11.5 Å². The molecular weight excluding hydrogens is 292 g/mol. The first-order chi connectivity index (χ1) is 9.86. The first kappa shape index (κ1) is 17.2. The molecule has 0 spiro atoms. The van der Waals surface area contributed by atoms with Gasteiger partial charge < -0.3 is 21.1 Å². The van der Waals surface area contributed by atoms with Gasteiger partial charge in [0.15, 0.2) is 5.82 Å². The molecule has 118 valence electrons. The van der Waals surface area contributed by atoms with Crippen LogP contribution in [0, 0.1) is 5.92 Å². The summed E-state index contributed by atoms with van der Waals surface area (Å²) in [6, 6.07) is -0.503. The van der Waals surface area contributed by atoms with Crippen molar-refractivity contribution in [2.75, 3.05) is 24.2 Å². The van der Waals surface area contributed by atoms with Gasteiger partial charge >= 0.3 is 5.97 Å². The topological polar surface area (TPSA) is 106 Å². The summed E-state index contributed by atoms with van der Waals surface area (Å²) in [6.45, 7) is 8.30. The van der Waals surface area contributed by atoms with Crippen LogP contribution in [0.15, 0.2) is 0 Å². The molecule has 1 amide bonds. The maximum Gasteiger partial charge on any atom is 0.344 e. The van der Waals surface area contributed by atoms with Gasteiger partial charge in [0.25, 0.3) is 0 Å². The number of ether oxygens (including phenoxy) is 1. The predicted molar refractivity (Wildman–Crippen MR) is 83.4 cm³/mol. The lowest BCUT2D eigenvalue weighted by Crippen LogP contribution is -2.39. The van der Waals surface area contributed by atoms with Gasteiger partial charge in [0, 0.05) is 6.54 Å². The van der Waals surface area contributed by atoms with Gasteiger partial charge in [-0.05, 0) is 31.3 Å².